The van der Waals surface area contributed by atoms with Gasteiger partial charge in [0.05, 0.1) is 29.8 Å². The molecule has 2 aromatic heterocycles. The Morgan fingerprint density at radius 1 is 1.12 bits per heavy atom. The predicted molar refractivity (Wildman–Crippen MR) is 106 cm³/mol. The molecule has 1 unspecified atom stereocenters. The summed E-state index contributed by atoms with van der Waals surface area (Å²) in [6.45, 7) is 1.56. The number of ether oxygens (including phenoxy) is 1. The fourth-order valence-corrected chi connectivity index (χ4v) is 3.49. The zero-order valence-corrected chi connectivity index (χ0v) is 17.9. The van der Waals surface area contributed by atoms with Crippen LogP contribution in [0.15, 0.2) is 47.5 Å². The predicted octanol–water partition coefficient (Wildman–Crippen LogP) is 2.58. The SMILES string of the molecule is COc1ccc(-n2ncc(C(=O)NC(C)c3ccc(S(C)(=O)=O)cc3)c2C(F)(F)F)nn1. The molecule has 0 spiro atoms. The van der Waals surface area contributed by atoms with Crippen molar-refractivity contribution in [3.05, 3.63) is 59.4 Å². The third-order valence-corrected chi connectivity index (χ3v) is 5.62. The molecular formula is C19H18F3N5O4S. The van der Waals surface area contributed by atoms with Gasteiger partial charge in [-0.15, -0.1) is 10.2 Å². The highest BCUT2D eigenvalue weighted by Crippen LogP contribution is 2.33. The number of nitrogens with zero attached hydrogens (tertiary/aromatic N) is 4. The fraction of sp³-hybridized carbons (Fsp3) is 0.263. The van der Waals surface area contributed by atoms with Crippen LogP contribution >= 0.6 is 0 Å². The molecule has 0 aliphatic carbocycles. The smallest absolute Gasteiger partial charge is 0.434 e. The van der Waals surface area contributed by atoms with Gasteiger partial charge >= 0.3 is 6.18 Å². The summed E-state index contributed by atoms with van der Waals surface area (Å²) >= 11 is 0. The number of aromatic nitrogens is 4. The van der Waals surface area contributed by atoms with Crippen molar-refractivity contribution < 1.29 is 31.1 Å². The number of amides is 1. The summed E-state index contributed by atoms with van der Waals surface area (Å²) in [5.74, 6) is -1.16. The summed E-state index contributed by atoms with van der Waals surface area (Å²) in [6, 6.07) is 7.49. The number of benzene rings is 1. The van der Waals surface area contributed by atoms with E-state index in [4.69, 9.17) is 4.74 Å². The van der Waals surface area contributed by atoms with Crippen LogP contribution in [0.2, 0.25) is 0 Å². The van der Waals surface area contributed by atoms with Crippen molar-refractivity contribution in [1.29, 1.82) is 0 Å². The number of carbonyl (C=O) groups excluding carboxylic acids is 1. The van der Waals surface area contributed by atoms with E-state index in [9.17, 15) is 26.4 Å². The number of nitrogens with one attached hydrogen (secondary N) is 1. The normalized spacial score (nSPS) is 12.9. The van der Waals surface area contributed by atoms with Crippen LogP contribution in [0.3, 0.4) is 0 Å². The van der Waals surface area contributed by atoms with E-state index in [1.807, 2.05) is 0 Å². The minimum absolute atomic E-state index is 0.0843. The summed E-state index contributed by atoms with van der Waals surface area (Å²) in [5.41, 5.74) is -1.50. The van der Waals surface area contributed by atoms with Gasteiger partial charge in [0, 0.05) is 12.3 Å². The third-order valence-electron chi connectivity index (χ3n) is 4.49. The van der Waals surface area contributed by atoms with Crippen LogP contribution in [0, 0.1) is 0 Å². The second-order valence-electron chi connectivity index (χ2n) is 6.79. The van der Waals surface area contributed by atoms with E-state index in [2.05, 4.69) is 20.6 Å². The van der Waals surface area contributed by atoms with Crippen molar-refractivity contribution in [2.75, 3.05) is 13.4 Å². The first-order chi connectivity index (χ1) is 14.9. The number of halogens is 3. The molecule has 1 aromatic carbocycles. The number of rotatable bonds is 6. The average Bonchev–Trinajstić information content (AvgIpc) is 3.19. The number of sulfone groups is 1. The molecule has 1 atom stereocenters. The largest absolute Gasteiger partial charge is 0.480 e. The number of alkyl halides is 3. The van der Waals surface area contributed by atoms with Gasteiger partial charge in [0.15, 0.2) is 21.3 Å². The van der Waals surface area contributed by atoms with Crippen LogP contribution in [-0.2, 0) is 16.0 Å². The molecule has 1 amide bonds. The maximum atomic E-state index is 13.8. The number of hydrogen-bond donors (Lipinski definition) is 1. The molecule has 0 aliphatic rings. The monoisotopic (exact) mass is 469 g/mol. The lowest BCUT2D eigenvalue weighted by Crippen LogP contribution is -2.29. The first-order valence-electron chi connectivity index (χ1n) is 9.06. The molecule has 3 aromatic rings. The highest BCUT2D eigenvalue weighted by molar-refractivity contribution is 7.90. The second-order valence-corrected chi connectivity index (χ2v) is 8.80. The molecule has 170 valence electrons. The van der Waals surface area contributed by atoms with Crippen LogP contribution in [-0.4, -0.2) is 47.7 Å². The molecule has 0 radical (unpaired) electrons. The van der Waals surface area contributed by atoms with E-state index in [1.54, 1.807) is 6.92 Å². The standard InChI is InChI=1S/C19H18F3N5O4S/c1-11(12-4-6-13(7-5-12)32(3,29)30)24-18(28)14-10-23-27(17(14)19(20,21)22)15-8-9-16(31-2)26-25-15/h4-11H,1-3H3,(H,24,28). The van der Waals surface area contributed by atoms with Gasteiger partial charge < -0.3 is 10.1 Å². The van der Waals surface area contributed by atoms with E-state index in [0.717, 1.165) is 12.5 Å². The lowest BCUT2D eigenvalue weighted by atomic mass is 10.1. The Kier molecular flexibility index (Phi) is 6.21. The molecule has 0 saturated heterocycles. The number of methoxy groups -OCH3 is 1. The lowest BCUT2D eigenvalue weighted by molar-refractivity contribution is -0.143. The summed E-state index contributed by atoms with van der Waals surface area (Å²) < 4.78 is 69.8. The summed E-state index contributed by atoms with van der Waals surface area (Å²) in [5, 5.41) is 13.4. The molecular weight excluding hydrogens is 451 g/mol. The number of hydrogen-bond acceptors (Lipinski definition) is 7. The van der Waals surface area contributed by atoms with Crippen molar-refractivity contribution in [3.63, 3.8) is 0 Å². The van der Waals surface area contributed by atoms with Crippen molar-refractivity contribution >= 4 is 15.7 Å². The Morgan fingerprint density at radius 2 is 1.78 bits per heavy atom. The molecule has 9 nitrogen and oxygen atoms in total. The molecule has 2 heterocycles. The van der Waals surface area contributed by atoms with Gasteiger partial charge in [0.25, 0.3) is 5.91 Å². The third kappa shape index (κ3) is 4.88. The topological polar surface area (TPSA) is 116 Å². The van der Waals surface area contributed by atoms with Crippen molar-refractivity contribution in [2.24, 2.45) is 0 Å². The number of carbonyl (C=O) groups is 1. The zero-order chi connectivity index (χ0) is 23.7. The molecule has 13 heteroatoms. The van der Waals surface area contributed by atoms with E-state index < -0.39 is 39.2 Å². The van der Waals surface area contributed by atoms with Gasteiger partial charge in [-0.25, -0.2) is 13.1 Å². The van der Waals surface area contributed by atoms with Crippen molar-refractivity contribution in [1.82, 2.24) is 25.3 Å². The minimum Gasteiger partial charge on any atom is -0.480 e. The van der Waals surface area contributed by atoms with Crippen LogP contribution in [0.5, 0.6) is 5.88 Å². The van der Waals surface area contributed by atoms with Crippen LogP contribution in [0.25, 0.3) is 5.82 Å². The van der Waals surface area contributed by atoms with Crippen molar-refractivity contribution in [2.45, 2.75) is 24.0 Å². The van der Waals surface area contributed by atoms with E-state index >= 15 is 0 Å². The van der Waals surface area contributed by atoms with Crippen molar-refractivity contribution in [3.8, 4) is 11.7 Å². The molecule has 32 heavy (non-hydrogen) atoms. The molecule has 1 N–H and O–H groups in total. The van der Waals surface area contributed by atoms with Crippen LogP contribution < -0.4 is 10.1 Å². The van der Waals surface area contributed by atoms with E-state index in [1.165, 1.54) is 43.5 Å². The summed E-state index contributed by atoms with van der Waals surface area (Å²) in [6.07, 6.45) is -3.06. The van der Waals surface area contributed by atoms with E-state index in [0.29, 0.717) is 10.2 Å². The first kappa shape index (κ1) is 23.2. The molecule has 0 fully saturated rings. The van der Waals surface area contributed by atoms with Gasteiger partial charge in [-0.1, -0.05) is 12.1 Å². The quantitative estimate of drug-likeness (QED) is 0.590. The Bertz CT molecular complexity index is 1220. The molecule has 0 bridgehead atoms. The Hall–Kier alpha value is -3.48. The Labute approximate surface area is 181 Å². The minimum atomic E-state index is -4.91. The Balaban J connectivity index is 1.90. The van der Waals surface area contributed by atoms with Crippen LogP contribution in [0.4, 0.5) is 13.2 Å². The van der Waals surface area contributed by atoms with Gasteiger partial charge in [-0.05, 0) is 30.7 Å². The van der Waals surface area contributed by atoms with Gasteiger partial charge in [-0.2, -0.15) is 18.3 Å². The van der Waals surface area contributed by atoms with Crippen LogP contribution in [0.1, 0.15) is 34.6 Å². The first-order valence-corrected chi connectivity index (χ1v) is 10.9. The maximum Gasteiger partial charge on any atom is 0.434 e. The van der Waals surface area contributed by atoms with Gasteiger partial charge in [0.1, 0.15) is 0 Å². The van der Waals surface area contributed by atoms with Gasteiger partial charge in [0.2, 0.25) is 5.88 Å². The second kappa shape index (κ2) is 8.57. The van der Waals surface area contributed by atoms with Gasteiger partial charge in [-0.3, -0.25) is 4.79 Å². The summed E-state index contributed by atoms with van der Waals surface area (Å²) in [4.78, 5) is 12.7. The molecule has 0 saturated carbocycles. The summed E-state index contributed by atoms with van der Waals surface area (Å²) in [7, 11) is -2.07. The highest BCUT2D eigenvalue weighted by atomic mass is 32.2. The maximum absolute atomic E-state index is 13.8. The molecule has 0 aliphatic heterocycles. The Morgan fingerprint density at radius 3 is 2.28 bits per heavy atom. The lowest BCUT2D eigenvalue weighted by Gasteiger charge is -2.16. The average molecular weight is 469 g/mol. The molecule has 3 rings (SSSR count). The highest BCUT2D eigenvalue weighted by Gasteiger charge is 2.41. The van der Waals surface area contributed by atoms with E-state index in [-0.39, 0.29) is 16.6 Å². The zero-order valence-electron chi connectivity index (χ0n) is 17.1. The fourth-order valence-electron chi connectivity index (χ4n) is 2.86.